The van der Waals surface area contributed by atoms with Crippen molar-refractivity contribution in [2.24, 2.45) is 0 Å². The zero-order valence-corrected chi connectivity index (χ0v) is 19.9. The van der Waals surface area contributed by atoms with E-state index in [1.165, 1.54) is 16.6 Å². The summed E-state index contributed by atoms with van der Waals surface area (Å²) in [7, 11) is 0. The maximum Gasteiger partial charge on any atom is 0.242 e. The lowest BCUT2D eigenvalue weighted by molar-refractivity contribution is -0.140. The molecule has 1 heterocycles. The van der Waals surface area contributed by atoms with Crippen molar-refractivity contribution in [2.75, 3.05) is 12.3 Å². The number of nitrogens with zero attached hydrogens (tertiary/aromatic N) is 2. The van der Waals surface area contributed by atoms with E-state index in [0.29, 0.717) is 18.8 Å². The summed E-state index contributed by atoms with van der Waals surface area (Å²) < 4.78 is 0. The van der Waals surface area contributed by atoms with Gasteiger partial charge in [-0.05, 0) is 49.6 Å². The molecule has 4 rings (SSSR count). The largest absolute Gasteiger partial charge is 0.332 e. The van der Waals surface area contributed by atoms with Gasteiger partial charge in [-0.2, -0.15) is 0 Å². The number of carbonyl (C=O) groups excluding carboxylic acids is 2. The second-order valence-corrected chi connectivity index (χ2v) is 10.5. The number of hydrogen-bond donors (Lipinski definition) is 0. The molecule has 0 N–H and O–H groups in total. The van der Waals surface area contributed by atoms with E-state index in [-0.39, 0.29) is 24.4 Å². The predicted molar refractivity (Wildman–Crippen MR) is 132 cm³/mol. The molecule has 3 aromatic rings. The molecule has 1 aliphatic rings. The SMILES string of the molecule is Cc1ccc(CN(Cc2ccccc2)C(=O)CN(C(=O)CSc2ccccc2)C2CC2)s1. The van der Waals surface area contributed by atoms with Crippen molar-refractivity contribution in [2.45, 2.75) is 43.8 Å². The molecule has 2 aromatic carbocycles. The Labute approximate surface area is 198 Å². The molecule has 0 unspecified atom stereocenters. The zero-order valence-electron chi connectivity index (χ0n) is 18.3. The molecule has 0 spiro atoms. The normalized spacial score (nSPS) is 13.0. The van der Waals surface area contributed by atoms with Crippen LogP contribution in [0.2, 0.25) is 0 Å². The fourth-order valence-electron chi connectivity index (χ4n) is 3.59. The summed E-state index contributed by atoms with van der Waals surface area (Å²) in [6.07, 6.45) is 1.97. The number of thioether (sulfide) groups is 1. The molecule has 6 heteroatoms. The van der Waals surface area contributed by atoms with Crippen molar-refractivity contribution < 1.29 is 9.59 Å². The van der Waals surface area contributed by atoms with Crippen LogP contribution in [0.5, 0.6) is 0 Å². The van der Waals surface area contributed by atoms with Crippen LogP contribution >= 0.6 is 23.1 Å². The molecule has 0 atom stereocenters. The first kappa shape index (κ1) is 22.6. The van der Waals surface area contributed by atoms with Gasteiger partial charge in [-0.1, -0.05) is 48.5 Å². The molecule has 2 amide bonds. The number of carbonyl (C=O) groups is 2. The van der Waals surface area contributed by atoms with Crippen LogP contribution in [0.1, 0.15) is 28.2 Å². The Morgan fingerprint density at radius 3 is 2.22 bits per heavy atom. The molecule has 0 aliphatic heterocycles. The topological polar surface area (TPSA) is 40.6 Å². The van der Waals surface area contributed by atoms with Gasteiger partial charge in [-0.25, -0.2) is 0 Å². The minimum absolute atomic E-state index is 0.00451. The molecule has 0 saturated heterocycles. The predicted octanol–water partition coefficient (Wildman–Crippen LogP) is 5.37. The van der Waals surface area contributed by atoms with Crippen molar-refractivity contribution in [3.8, 4) is 0 Å². The Hall–Kier alpha value is -2.57. The van der Waals surface area contributed by atoms with Gasteiger partial charge in [0.05, 0.1) is 12.3 Å². The van der Waals surface area contributed by atoms with Crippen molar-refractivity contribution in [1.82, 2.24) is 9.80 Å². The number of rotatable bonds is 10. The van der Waals surface area contributed by atoms with Crippen LogP contribution in [-0.2, 0) is 22.7 Å². The van der Waals surface area contributed by atoms with Crippen LogP contribution in [0.25, 0.3) is 0 Å². The summed E-state index contributed by atoms with van der Waals surface area (Å²) in [5.41, 5.74) is 1.10. The summed E-state index contributed by atoms with van der Waals surface area (Å²) >= 11 is 3.25. The standard InChI is InChI=1S/C26H28N2O2S2/c1-20-12-15-24(32-20)17-27(16-21-8-4-2-5-9-21)25(29)18-28(22-13-14-22)26(30)19-31-23-10-6-3-7-11-23/h2-12,15,22H,13-14,16-19H2,1H3. The van der Waals surface area contributed by atoms with Gasteiger partial charge in [0, 0.05) is 27.2 Å². The number of thiophene rings is 1. The fraction of sp³-hybridized carbons (Fsp3) is 0.308. The Morgan fingerprint density at radius 2 is 1.59 bits per heavy atom. The molecule has 0 bridgehead atoms. The molecule has 0 radical (unpaired) electrons. The smallest absolute Gasteiger partial charge is 0.242 e. The molecular weight excluding hydrogens is 436 g/mol. The van der Waals surface area contributed by atoms with E-state index < -0.39 is 0 Å². The van der Waals surface area contributed by atoms with E-state index in [0.717, 1.165) is 28.2 Å². The molecule has 1 fully saturated rings. The highest BCUT2D eigenvalue weighted by molar-refractivity contribution is 8.00. The lowest BCUT2D eigenvalue weighted by atomic mass is 10.2. The van der Waals surface area contributed by atoms with Crippen LogP contribution in [0.15, 0.2) is 77.7 Å². The van der Waals surface area contributed by atoms with Crippen molar-refractivity contribution in [3.05, 3.63) is 88.1 Å². The van der Waals surface area contributed by atoms with Crippen LogP contribution in [0, 0.1) is 6.92 Å². The average Bonchev–Trinajstić information content (AvgIpc) is 3.57. The van der Waals surface area contributed by atoms with Gasteiger partial charge in [-0.15, -0.1) is 23.1 Å². The number of amides is 2. The van der Waals surface area contributed by atoms with Gasteiger partial charge < -0.3 is 9.80 Å². The molecular formula is C26H28N2O2S2. The lowest BCUT2D eigenvalue weighted by Crippen LogP contribution is -2.44. The van der Waals surface area contributed by atoms with Gasteiger partial charge in [0.25, 0.3) is 0 Å². The van der Waals surface area contributed by atoms with Crippen LogP contribution < -0.4 is 0 Å². The van der Waals surface area contributed by atoms with E-state index in [9.17, 15) is 9.59 Å². The van der Waals surface area contributed by atoms with E-state index in [1.807, 2.05) is 65.6 Å². The number of benzene rings is 2. The first-order chi connectivity index (χ1) is 15.6. The zero-order chi connectivity index (χ0) is 22.3. The second kappa shape index (κ2) is 10.8. The van der Waals surface area contributed by atoms with E-state index >= 15 is 0 Å². The average molecular weight is 465 g/mol. The van der Waals surface area contributed by atoms with Crippen LogP contribution in [-0.4, -0.2) is 40.0 Å². The first-order valence-electron chi connectivity index (χ1n) is 10.9. The third-order valence-corrected chi connectivity index (χ3v) is 7.41. The molecule has 4 nitrogen and oxygen atoms in total. The van der Waals surface area contributed by atoms with Crippen molar-refractivity contribution in [3.63, 3.8) is 0 Å². The van der Waals surface area contributed by atoms with Gasteiger partial charge in [0.1, 0.15) is 6.54 Å². The Balaban J connectivity index is 1.43. The summed E-state index contributed by atoms with van der Waals surface area (Å²) in [4.78, 5) is 33.6. The minimum atomic E-state index is 0.00451. The van der Waals surface area contributed by atoms with Gasteiger partial charge in [0.15, 0.2) is 0 Å². The summed E-state index contributed by atoms with van der Waals surface area (Å²) in [6.45, 7) is 3.34. The quantitative estimate of drug-likeness (QED) is 0.379. The third-order valence-electron chi connectivity index (χ3n) is 5.43. The van der Waals surface area contributed by atoms with Crippen LogP contribution in [0.4, 0.5) is 0 Å². The van der Waals surface area contributed by atoms with Crippen LogP contribution in [0.3, 0.4) is 0 Å². The maximum atomic E-state index is 13.4. The summed E-state index contributed by atoms with van der Waals surface area (Å²) in [5.74, 6) is 0.405. The van der Waals surface area contributed by atoms with E-state index in [4.69, 9.17) is 0 Å². The van der Waals surface area contributed by atoms with E-state index in [2.05, 4.69) is 19.1 Å². The second-order valence-electron chi connectivity index (χ2n) is 8.10. The Morgan fingerprint density at radius 1 is 0.906 bits per heavy atom. The third kappa shape index (κ3) is 6.47. The highest BCUT2D eigenvalue weighted by Gasteiger charge is 2.34. The molecule has 1 aromatic heterocycles. The summed E-state index contributed by atoms with van der Waals surface area (Å²) in [6, 6.07) is 24.4. The van der Waals surface area contributed by atoms with Crippen molar-refractivity contribution >= 4 is 34.9 Å². The molecule has 32 heavy (non-hydrogen) atoms. The Kier molecular flexibility index (Phi) is 7.66. The highest BCUT2D eigenvalue weighted by Crippen LogP contribution is 2.29. The lowest BCUT2D eigenvalue weighted by Gasteiger charge is -2.27. The number of hydrogen-bond acceptors (Lipinski definition) is 4. The first-order valence-corrected chi connectivity index (χ1v) is 12.7. The maximum absolute atomic E-state index is 13.4. The van der Waals surface area contributed by atoms with Gasteiger partial charge in [-0.3, -0.25) is 9.59 Å². The number of aryl methyl sites for hydroxylation is 1. The van der Waals surface area contributed by atoms with Gasteiger partial charge >= 0.3 is 0 Å². The monoisotopic (exact) mass is 464 g/mol. The van der Waals surface area contributed by atoms with Gasteiger partial charge in [0.2, 0.25) is 11.8 Å². The van der Waals surface area contributed by atoms with Crippen molar-refractivity contribution in [1.29, 1.82) is 0 Å². The highest BCUT2D eigenvalue weighted by atomic mass is 32.2. The van der Waals surface area contributed by atoms with E-state index in [1.54, 1.807) is 16.2 Å². The fourth-order valence-corrected chi connectivity index (χ4v) is 5.30. The molecule has 1 aliphatic carbocycles. The molecule has 166 valence electrons. The summed E-state index contributed by atoms with van der Waals surface area (Å²) in [5, 5.41) is 0. The minimum Gasteiger partial charge on any atom is -0.332 e. The Bertz CT molecular complexity index is 1030. The molecule has 1 saturated carbocycles.